The van der Waals surface area contributed by atoms with E-state index in [0.29, 0.717) is 0 Å². The van der Waals surface area contributed by atoms with Crippen molar-refractivity contribution in [2.24, 2.45) is 11.7 Å². The molecule has 0 amide bonds. The third-order valence-corrected chi connectivity index (χ3v) is 5.50. The minimum atomic E-state index is -1.71. The summed E-state index contributed by atoms with van der Waals surface area (Å²) < 4.78 is 19.5. The van der Waals surface area contributed by atoms with Gasteiger partial charge in [-0.05, 0) is 28.3 Å². The van der Waals surface area contributed by atoms with Crippen LogP contribution in [0.2, 0.25) is 0 Å². The molecule has 0 bridgehead atoms. The van der Waals surface area contributed by atoms with Crippen molar-refractivity contribution in [2.45, 2.75) is 12.0 Å². The van der Waals surface area contributed by atoms with E-state index in [1.807, 2.05) is 48.5 Å². The number of rotatable bonds is 6. The standard InChI is InChI=1S/C24H20FNO4/c25-20-12-6-5-11-18(20)22(26)21(23(27)28)24(29)30-13-19-16-9-3-1-7-14(16)15-8-2-4-10-17(15)19/h1-12,19,21-22H,13,26H2,(H,27,28)/t21-,22?/m1/s1. The maximum atomic E-state index is 14.1. The van der Waals surface area contributed by atoms with Crippen molar-refractivity contribution in [3.63, 3.8) is 0 Å². The van der Waals surface area contributed by atoms with Gasteiger partial charge in [0, 0.05) is 11.5 Å². The van der Waals surface area contributed by atoms with Crippen molar-refractivity contribution >= 4 is 11.9 Å². The van der Waals surface area contributed by atoms with Gasteiger partial charge < -0.3 is 15.6 Å². The number of fused-ring (bicyclic) bond motifs is 3. The fraction of sp³-hybridized carbons (Fsp3) is 0.167. The molecule has 4 rings (SSSR count). The topological polar surface area (TPSA) is 89.6 Å². The highest BCUT2D eigenvalue weighted by Gasteiger charge is 2.37. The molecule has 0 heterocycles. The lowest BCUT2D eigenvalue weighted by atomic mass is 9.93. The molecule has 3 N–H and O–H groups in total. The van der Waals surface area contributed by atoms with Crippen LogP contribution in [0.4, 0.5) is 4.39 Å². The molecular formula is C24H20FNO4. The Morgan fingerprint density at radius 3 is 2.03 bits per heavy atom. The molecular weight excluding hydrogens is 385 g/mol. The molecule has 152 valence electrons. The summed E-state index contributed by atoms with van der Waals surface area (Å²) in [6, 6.07) is 19.8. The Bertz CT molecular complexity index is 1070. The second-order valence-corrected chi connectivity index (χ2v) is 7.22. The van der Waals surface area contributed by atoms with Crippen LogP contribution in [0.15, 0.2) is 72.8 Å². The van der Waals surface area contributed by atoms with Crippen molar-refractivity contribution in [1.29, 1.82) is 0 Å². The monoisotopic (exact) mass is 405 g/mol. The number of halogens is 1. The number of hydrogen-bond donors (Lipinski definition) is 2. The van der Waals surface area contributed by atoms with Crippen LogP contribution < -0.4 is 5.73 Å². The molecule has 0 radical (unpaired) electrons. The average molecular weight is 405 g/mol. The Morgan fingerprint density at radius 2 is 1.47 bits per heavy atom. The number of carboxylic acids is 1. The summed E-state index contributed by atoms with van der Waals surface area (Å²) in [6.07, 6.45) is 0. The van der Waals surface area contributed by atoms with E-state index in [2.05, 4.69) is 0 Å². The van der Waals surface area contributed by atoms with E-state index >= 15 is 0 Å². The number of nitrogens with two attached hydrogens (primary N) is 1. The van der Waals surface area contributed by atoms with Gasteiger partial charge in [-0.1, -0.05) is 66.7 Å². The minimum Gasteiger partial charge on any atom is -0.481 e. The number of carbonyl (C=O) groups excluding carboxylic acids is 1. The van der Waals surface area contributed by atoms with Crippen LogP contribution in [0, 0.1) is 11.7 Å². The number of carbonyl (C=O) groups is 2. The van der Waals surface area contributed by atoms with E-state index in [1.165, 1.54) is 24.3 Å². The Kier molecular flexibility index (Phi) is 5.33. The third kappa shape index (κ3) is 3.46. The number of aliphatic carboxylic acids is 1. The Morgan fingerprint density at radius 1 is 0.933 bits per heavy atom. The van der Waals surface area contributed by atoms with Gasteiger partial charge in [-0.15, -0.1) is 0 Å². The lowest BCUT2D eigenvalue weighted by Gasteiger charge is -2.21. The quantitative estimate of drug-likeness (QED) is 0.480. The normalized spacial score (nSPS) is 14.5. The van der Waals surface area contributed by atoms with Gasteiger partial charge in [0.05, 0.1) is 6.04 Å². The van der Waals surface area contributed by atoms with Crippen molar-refractivity contribution in [3.05, 3.63) is 95.3 Å². The van der Waals surface area contributed by atoms with Crippen molar-refractivity contribution in [3.8, 4) is 11.1 Å². The molecule has 3 aromatic carbocycles. The molecule has 0 aliphatic heterocycles. The smallest absolute Gasteiger partial charge is 0.322 e. The fourth-order valence-corrected chi connectivity index (χ4v) is 4.02. The maximum absolute atomic E-state index is 14.1. The molecule has 0 saturated carbocycles. The SMILES string of the molecule is NC(c1ccccc1F)[C@H](C(=O)O)C(=O)OCC1c2ccccc2-c2ccccc21. The van der Waals surface area contributed by atoms with Crippen molar-refractivity contribution < 1.29 is 23.8 Å². The number of ether oxygens (including phenoxy) is 1. The molecule has 2 atom stereocenters. The first-order valence-electron chi connectivity index (χ1n) is 9.56. The summed E-state index contributed by atoms with van der Waals surface area (Å²) in [5.74, 6) is -5.03. The third-order valence-electron chi connectivity index (χ3n) is 5.50. The molecule has 0 aromatic heterocycles. The van der Waals surface area contributed by atoms with Crippen LogP contribution in [0.25, 0.3) is 11.1 Å². The van der Waals surface area contributed by atoms with E-state index in [1.54, 1.807) is 0 Å². The molecule has 1 aliphatic carbocycles. The Balaban J connectivity index is 1.56. The van der Waals surface area contributed by atoms with E-state index < -0.39 is 29.7 Å². The summed E-state index contributed by atoms with van der Waals surface area (Å²) in [4.78, 5) is 24.4. The van der Waals surface area contributed by atoms with Gasteiger partial charge in [0.1, 0.15) is 12.4 Å². The summed E-state index contributed by atoms with van der Waals surface area (Å²) in [7, 11) is 0. The van der Waals surface area contributed by atoms with E-state index in [-0.39, 0.29) is 18.1 Å². The number of esters is 1. The van der Waals surface area contributed by atoms with Gasteiger partial charge in [0.25, 0.3) is 0 Å². The van der Waals surface area contributed by atoms with Crippen LogP contribution >= 0.6 is 0 Å². The second-order valence-electron chi connectivity index (χ2n) is 7.22. The molecule has 30 heavy (non-hydrogen) atoms. The van der Waals surface area contributed by atoms with Gasteiger partial charge in [-0.25, -0.2) is 4.39 Å². The van der Waals surface area contributed by atoms with E-state index in [4.69, 9.17) is 10.5 Å². The first-order valence-corrected chi connectivity index (χ1v) is 9.56. The molecule has 6 heteroatoms. The minimum absolute atomic E-state index is 0.0272. The average Bonchev–Trinajstić information content (AvgIpc) is 3.06. The van der Waals surface area contributed by atoms with Crippen LogP contribution in [-0.2, 0) is 14.3 Å². The first-order chi connectivity index (χ1) is 14.5. The van der Waals surface area contributed by atoms with E-state index in [9.17, 15) is 19.1 Å². The molecule has 1 unspecified atom stereocenters. The highest BCUT2D eigenvalue weighted by Crippen LogP contribution is 2.44. The Labute approximate surface area is 172 Å². The predicted molar refractivity (Wildman–Crippen MR) is 109 cm³/mol. The molecule has 5 nitrogen and oxygen atoms in total. The zero-order chi connectivity index (χ0) is 21.3. The number of benzene rings is 3. The molecule has 0 saturated heterocycles. The molecule has 3 aromatic rings. The zero-order valence-corrected chi connectivity index (χ0v) is 16.0. The lowest BCUT2D eigenvalue weighted by Crippen LogP contribution is -2.37. The summed E-state index contributed by atoms with van der Waals surface area (Å²) in [5.41, 5.74) is 10.1. The highest BCUT2D eigenvalue weighted by molar-refractivity contribution is 5.95. The first kappa shape index (κ1) is 19.8. The predicted octanol–water partition coefficient (Wildman–Crippen LogP) is 3.88. The van der Waals surface area contributed by atoms with Crippen LogP contribution in [0.3, 0.4) is 0 Å². The highest BCUT2D eigenvalue weighted by atomic mass is 19.1. The van der Waals surface area contributed by atoms with Crippen molar-refractivity contribution in [1.82, 2.24) is 0 Å². The lowest BCUT2D eigenvalue weighted by molar-refractivity contribution is -0.160. The van der Waals surface area contributed by atoms with Gasteiger partial charge >= 0.3 is 11.9 Å². The van der Waals surface area contributed by atoms with E-state index in [0.717, 1.165) is 22.3 Å². The van der Waals surface area contributed by atoms with Crippen LogP contribution in [0.1, 0.15) is 28.7 Å². The summed E-state index contributed by atoms with van der Waals surface area (Å²) in [5, 5.41) is 9.57. The number of hydrogen-bond acceptors (Lipinski definition) is 4. The fourth-order valence-electron chi connectivity index (χ4n) is 4.02. The summed E-state index contributed by atoms with van der Waals surface area (Å²) in [6.45, 7) is -0.0272. The molecule has 0 fully saturated rings. The van der Waals surface area contributed by atoms with Crippen molar-refractivity contribution in [2.75, 3.05) is 6.61 Å². The molecule has 0 spiro atoms. The molecule has 1 aliphatic rings. The Hall–Kier alpha value is -3.51. The largest absolute Gasteiger partial charge is 0.481 e. The van der Waals surface area contributed by atoms with Crippen LogP contribution in [-0.4, -0.2) is 23.7 Å². The van der Waals surface area contributed by atoms with Gasteiger partial charge in [0.15, 0.2) is 5.92 Å². The number of carboxylic acid groups (broad SMARTS) is 1. The van der Waals surface area contributed by atoms with Gasteiger partial charge in [-0.3, -0.25) is 9.59 Å². The van der Waals surface area contributed by atoms with Crippen LogP contribution in [0.5, 0.6) is 0 Å². The zero-order valence-electron chi connectivity index (χ0n) is 16.0. The summed E-state index contributed by atoms with van der Waals surface area (Å²) >= 11 is 0. The second kappa shape index (κ2) is 8.08. The van der Waals surface area contributed by atoms with Gasteiger partial charge in [0.2, 0.25) is 0 Å². The van der Waals surface area contributed by atoms with Gasteiger partial charge in [-0.2, -0.15) is 0 Å². The maximum Gasteiger partial charge on any atom is 0.322 e.